The zero-order valence-electron chi connectivity index (χ0n) is 77.5. The highest BCUT2D eigenvalue weighted by Crippen LogP contribution is 2.45. The molecule has 0 spiro atoms. The number of aliphatic hydroxyl groups is 2. The highest BCUT2D eigenvalue weighted by Gasteiger charge is 2.30. The lowest BCUT2D eigenvalue weighted by Gasteiger charge is -2.21. The number of rotatable bonds is 91. The van der Waals surface area contributed by atoms with Crippen LogP contribution in [0.4, 0.5) is 0 Å². The minimum Gasteiger partial charge on any atom is -0.463 e. The van der Waals surface area contributed by atoms with Gasteiger partial charge in [0.2, 0.25) is 0 Å². The van der Waals surface area contributed by atoms with Crippen molar-refractivity contribution in [3.8, 4) is 0 Å². The van der Waals surface area contributed by atoms with Gasteiger partial charge in [0.25, 0.3) is 0 Å². The fourth-order valence-electron chi connectivity index (χ4n) is 13.0. The van der Waals surface area contributed by atoms with Crippen LogP contribution in [0.2, 0.25) is 0 Å². The molecule has 0 aromatic rings. The molecule has 0 amide bonds. The molecule has 4 N–H and O–H groups in total. The Morgan fingerprint density at radius 3 is 0.683 bits per heavy atom. The lowest BCUT2D eigenvalue weighted by atomic mass is 10.0. The summed E-state index contributed by atoms with van der Waals surface area (Å²) < 4.78 is 61.6. The summed E-state index contributed by atoms with van der Waals surface area (Å²) in [5.41, 5.74) is 0. The summed E-state index contributed by atoms with van der Waals surface area (Å²) in [7, 11) is -9.83. The van der Waals surface area contributed by atoms with Crippen molar-refractivity contribution >= 4 is 33.6 Å². The Kier molecular flexibility index (Phi) is 91.1. The summed E-state index contributed by atoms with van der Waals surface area (Å²) in [6.07, 6.45) is 128. The quantitative estimate of drug-likeness (QED) is 0.0146. The highest BCUT2D eigenvalue weighted by atomic mass is 31.2. The second-order valence-electron chi connectivity index (χ2n) is 32.1. The smallest absolute Gasteiger partial charge is 0.463 e. The van der Waals surface area contributed by atoms with Gasteiger partial charge in [-0.2, -0.15) is 0 Å². The van der Waals surface area contributed by atoms with Crippen LogP contribution in [0, 0.1) is 0 Å². The summed E-state index contributed by atoms with van der Waals surface area (Å²) in [5.74, 6) is -1.59. The number of unbranched alkanes of at least 4 members (excludes halogenated alkanes) is 36. The molecule has 0 bridgehead atoms. The molecule has 0 aliphatic carbocycles. The number of phosphoric acid groups is 2. The lowest BCUT2D eigenvalue weighted by molar-refractivity contribution is -0.161. The largest absolute Gasteiger partial charge is 0.472 e. The summed E-state index contributed by atoms with van der Waals surface area (Å²) >= 11 is 0. The molecular formula is C105H176O16P2. The molecule has 0 heterocycles. The third kappa shape index (κ3) is 96.9. The fourth-order valence-corrected chi connectivity index (χ4v) is 14.6. The van der Waals surface area contributed by atoms with Crippen molar-refractivity contribution in [1.29, 1.82) is 0 Å². The normalized spacial score (nSPS) is 14.6. The van der Waals surface area contributed by atoms with Crippen molar-refractivity contribution in [2.24, 2.45) is 0 Å². The van der Waals surface area contributed by atoms with Gasteiger partial charge in [-0.05, 0) is 167 Å². The number of ether oxygens (including phenoxy) is 3. The van der Waals surface area contributed by atoms with E-state index in [9.17, 15) is 43.5 Å². The molecule has 5 unspecified atom stereocenters. The van der Waals surface area contributed by atoms with E-state index >= 15 is 0 Å². The molecule has 702 valence electrons. The van der Waals surface area contributed by atoms with E-state index in [1.165, 1.54) is 148 Å². The molecule has 16 nitrogen and oxygen atoms in total. The summed E-state index contributed by atoms with van der Waals surface area (Å²) in [5, 5.41) is 20.8. The van der Waals surface area contributed by atoms with Crippen LogP contribution in [0.25, 0.3) is 0 Å². The summed E-state index contributed by atoms with van der Waals surface area (Å²) in [4.78, 5) is 59.1. The molecule has 0 fully saturated rings. The number of carbonyl (C=O) groups is 3. The second-order valence-corrected chi connectivity index (χ2v) is 35.0. The second kappa shape index (κ2) is 95.5. The molecule has 0 rings (SSSR count). The topological polar surface area (TPSA) is 231 Å². The van der Waals surface area contributed by atoms with Gasteiger partial charge in [-0.1, -0.05) is 401 Å². The van der Waals surface area contributed by atoms with Crippen molar-refractivity contribution in [3.63, 3.8) is 0 Å². The van der Waals surface area contributed by atoms with Gasteiger partial charge in [-0.25, -0.2) is 9.13 Å². The molecule has 5 atom stereocenters. The molecule has 18 heteroatoms. The lowest BCUT2D eigenvalue weighted by Crippen LogP contribution is -2.30. The van der Waals surface area contributed by atoms with Crippen molar-refractivity contribution in [2.75, 3.05) is 39.6 Å². The molecule has 0 saturated carbocycles. The predicted octanol–water partition coefficient (Wildman–Crippen LogP) is 30.6. The number of hydrogen-bond acceptors (Lipinski definition) is 14. The number of allylic oxidation sites excluding steroid dienone is 32. The van der Waals surface area contributed by atoms with E-state index in [0.717, 1.165) is 186 Å². The van der Waals surface area contributed by atoms with Crippen molar-refractivity contribution < 1.29 is 75.8 Å². The van der Waals surface area contributed by atoms with Gasteiger partial charge in [0, 0.05) is 19.3 Å². The Balaban J connectivity index is 4.60. The van der Waals surface area contributed by atoms with E-state index in [-0.39, 0.29) is 19.3 Å². The number of esters is 3. The Morgan fingerprint density at radius 2 is 0.431 bits per heavy atom. The standard InChI is InChI=1S/C105H176O16P2/c1-4-7-10-13-16-19-22-25-28-31-34-37-40-43-45-46-47-48-49-50-51-52-54-57-58-61-64-67-70-73-76-79-82-85-88-91-103(108)115-94-100(106)95-117-122(111,112)118-96-101(107)97-119-123(113,114)120-99-102(121-105(110)93-90-87-84-81-78-75-72-69-66-63-60-55-42-39-36-33-30-27-24-21-18-15-12-9-6-3)98-116-104(109)92-89-86-83-80-77-74-71-68-65-62-59-56-53-44-41-38-35-32-29-26-23-20-17-14-11-8-5-2/h7,9-10,12,16-21,25-30,34-39,43-45,47-48,53,55,60,66,69,100-102,106-107H,4-6,8,11,13-15,22-24,31-33,40-42,46,49-52,54,56-59,61-65,67-68,70-99H2,1-3H3,(H,111,112)(H,113,114)/b10-7-,12-9-,19-16-,20-17-,21-18-,28-25-,29-26-,30-27-,37-34-,38-35-,39-36-,45-43-,48-47-,53-44-,60-55-,69-66-. The Morgan fingerprint density at radius 1 is 0.236 bits per heavy atom. The van der Waals surface area contributed by atoms with E-state index in [0.29, 0.717) is 19.3 Å². The molecule has 0 radical (unpaired) electrons. The van der Waals surface area contributed by atoms with Crippen LogP contribution in [0.1, 0.15) is 393 Å². The van der Waals surface area contributed by atoms with Gasteiger partial charge in [0.1, 0.15) is 25.4 Å². The van der Waals surface area contributed by atoms with E-state index < -0.39 is 91.5 Å². The van der Waals surface area contributed by atoms with Crippen LogP contribution in [0.5, 0.6) is 0 Å². The van der Waals surface area contributed by atoms with E-state index in [4.69, 9.17) is 32.3 Å². The van der Waals surface area contributed by atoms with Gasteiger partial charge < -0.3 is 34.2 Å². The first-order valence-corrected chi connectivity index (χ1v) is 51.7. The minimum absolute atomic E-state index is 0.0809. The van der Waals surface area contributed by atoms with Gasteiger partial charge in [-0.3, -0.25) is 32.5 Å². The molecular weight excluding hydrogens is 1580 g/mol. The first-order valence-electron chi connectivity index (χ1n) is 48.7. The maximum absolute atomic E-state index is 13.1. The zero-order chi connectivity index (χ0) is 89.3. The maximum Gasteiger partial charge on any atom is 0.472 e. The van der Waals surface area contributed by atoms with Crippen LogP contribution in [-0.4, -0.2) is 95.9 Å². The summed E-state index contributed by atoms with van der Waals surface area (Å²) in [6.45, 7) is 2.45. The molecule has 123 heavy (non-hydrogen) atoms. The Bertz CT molecular complexity index is 3020. The van der Waals surface area contributed by atoms with Gasteiger partial charge >= 0.3 is 33.6 Å². The van der Waals surface area contributed by atoms with Gasteiger partial charge in [0.05, 0.1) is 26.4 Å². The van der Waals surface area contributed by atoms with Crippen molar-refractivity contribution in [3.05, 3.63) is 194 Å². The van der Waals surface area contributed by atoms with E-state index in [1.807, 2.05) is 0 Å². The first-order chi connectivity index (χ1) is 60.2. The van der Waals surface area contributed by atoms with Gasteiger partial charge in [0.15, 0.2) is 6.10 Å². The molecule has 0 saturated heterocycles. The van der Waals surface area contributed by atoms with E-state index in [1.54, 1.807) is 0 Å². The van der Waals surface area contributed by atoms with Crippen LogP contribution >= 0.6 is 15.6 Å². The number of phosphoric ester groups is 2. The molecule has 0 aliphatic rings. The van der Waals surface area contributed by atoms with Crippen LogP contribution < -0.4 is 0 Å². The SMILES string of the molecule is CC/C=C\C/C=C\C/C=C\C/C=C\C/C=C\C/C=C\CCCCCCCCCCCCCCCCCCC(=O)OCC(O)COP(=O)(O)OCC(O)COP(=O)(O)OCC(COC(=O)CCCCCCCCCCCCC/C=C\C/C=C\C/C=C\C/C=C\CCCCC)OC(=O)CCCCCCCC/C=C\C/C=C\C/C=C\C/C=C\C/C=C\C/C=C\CC. The number of carbonyl (C=O) groups excluding carboxylic acids is 3. The minimum atomic E-state index is -4.95. The summed E-state index contributed by atoms with van der Waals surface area (Å²) in [6, 6.07) is 0. The monoisotopic (exact) mass is 1760 g/mol. The molecule has 0 aromatic heterocycles. The third-order valence-corrected chi connectivity index (χ3v) is 22.2. The molecule has 0 aromatic carbocycles. The van der Waals surface area contributed by atoms with Crippen LogP contribution in [-0.2, 0) is 55.8 Å². The third-order valence-electron chi connectivity index (χ3n) is 20.3. The highest BCUT2D eigenvalue weighted by molar-refractivity contribution is 7.47. The average molecular weight is 1760 g/mol. The predicted molar refractivity (Wildman–Crippen MR) is 518 cm³/mol. The number of aliphatic hydroxyl groups excluding tert-OH is 2. The van der Waals surface area contributed by atoms with E-state index in [2.05, 4.69) is 215 Å². The number of hydrogen-bond donors (Lipinski definition) is 4. The Hall–Kier alpha value is -5.61. The van der Waals surface area contributed by atoms with Crippen LogP contribution in [0.3, 0.4) is 0 Å². The zero-order valence-corrected chi connectivity index (χ0v) is 79.3. The van der Waals surface area contributed by atoms with Crippen molar-refractivity contribution in [1.82, 2.24) is 0 Å². The molecule has 0 aliphatic heterocycles. The Labute approximate surface area is 750 Å². The average Bonchev–Trinajstić information content (AvgIpc) is 0.898. The first kappa shape index (κ1) is 117. The van der Waals surface area contributed by atoms with Crippen molar-refractivity contribution in [2.45, 2.75) is 411 Å². The maximum atomic E-state index is 13.1. The van der Waals surface area contributed by atoms with Crippen LogP contribution in [0.15, 0.2) is 194 Å². The fraction of sp³-hybridized carbons (Fsp3) is 0.667. The van der Waals surface area contributed by atoms with Gasteiger partial charge in [-0.15, -0.1) is 0 Å².